The summed E-state index contributed by atoms with van der Waals surface area (Å²) >= 11 is 1.27. The number of Topliss-reactive ketones (excluding diaryl/α,β-unsaturated/α-hetero) is 1. The molecule has 0 bridgehead atoms. The highest BCUT2D eigenvalue weighted by Gasteiger charge is 2.48. The Morgan fingerprint density at radius 2 is 1.70 bits per heavy atom. The number of aliphatic hydroxyl groups excluding tert-OH is 1. The van der Waals surface area contributed by atoms with Crippen molar-refractivity contribution < 1.29 is 33.6 Å². The lowest BCUT2D eigenvalue weighted by atomic mass is 9.95. The number of fused-ring (bicyclic) bond motifs is 1. The van der Waals surface area contributed by atoms with E-state index in [1.165, 1.54) is 23.3 Å². The van der Waals surface area contributed by atoms with Crippen LogP contribution in [0.4, 0.5) is 5.13 Å². The minimum absolute atomic E-state index is 0.0616. The van der Waals surface area contributed by atoms with Crippen LogP contribution in [0.3, 0.4) is 0 Å². The molecule has 1 aliphatic rings. The molecular formula is C34H36N2O7S. The van der Waals surface area contributed by atoms with Crippen molar-refractivity contribution in [3.8, 4) is 23.0 Å². The largest absolute Gasteiger partial charge is 0.507 e. The van der Waals surface area contributed by atoms with Crippen molar-refractivity contribution in [1.29, 1.82) is 0 Å². The second kappa shape index (κ2) is 13.4. The number of rotatable bonds is 12. The minimum Gasteiger partial charge on any atom is -0.507 e. The van der Waals surface area contributed by atoms with Crippen molar-refractivity contribution in [2.75, 3.05) is 31.8 Å². The van der Waals surface area contributed by atoms with Gasteiger partial charge in [0.25, 0.3) is 5.78 Å². The summed E-state index contributed by atoms with van der Waals surface area (Å²) in [4.78, 5) is 33.6. The highest BCUT2D eigenvalue weighted by atomic mass is 32.1. The Bertz CT molecular complexity index is 1710. The van der Waals surface area contributed by atoms with Crippen LogP contribution in [0.25, 0.3) is 16.0 Å². The maximum atomic E-state index is 13.8. The van der Waals surface area contributed by atoms with Crippen LogP contribution in [-0.4, -0.2) is 48.7 Å². The Balaban J connectivity index is 1.66. The van der Waals surface area contributed by atoms with Crippen LogP contribution in [-0.2, 0) is 9.59 Å². The fraction of sp³-hybridized carbons (Fsp3) is 0.324. The number of aliphatic hydroxyl groups is 1. The molecule has 1 fully saturated rings. The number of benzene rings is 3. The summed E-state index contributed by atoms with van der Waals surface area (Å²) in [7, 11) is 1.54. The van der Waals surface area contributed by atoms with Crippen LogP contribution in [0.5, 0.6) is 23.0 Å². The van der Waals surface area contributed by atoms with Crippen LogP contribution in [0, 0.1) is 5.92 Å². The van der Waals surface area contributed by atoms with Crippen LogP contribution < -0.4 is 23.8 Å². The summed E-state index contributed by atoms with van der Waals surface area (Å²) in [6.07, 6.45) is 0.870. The standard InChI is InChI=1S/C34H36N2O7S/c1-6-41-23-10-8-9-22(17-23)31(37)29-30(21-11-14-26(27(18-21)40-5)43-16-15-20(3)4)36(33(39)32(29)38)34-35-25-13-12-24(42-7-2)19-28(25)44-34/h8-14,17-20,30,37H,6-7,15-16H2,1-5H3. The van der Waals surface area contributed by atoms with Gasteiger partial charge in [0.15, 0.2) is 16.6 Å². The van der Waals surface area contributed by atoms with Crippen molar-refractivity contribution >= 4 is 44.1 Å². The monoisotopic (exact) mass is 616 g/mol. The summed E-state index contributed by atoms with van der Waals surface area (Å²) in [6, 6.07) is 16.6. The van der Waals surface area contributed by atoms with E-state index in [-0.39, 0.29) is 11.3 Å². The van der Waals surface area contributed by atoms with Gasteiger partial charge in [0.1, 0.15) is 17.3 Å². The van der Waals surface area contributed by atoms with Gasteiger partial charge in [-0.3, -0.25) is 14.5 Å². The molecule has 1 saturated heterocycles. The zero-order valence-corrected chi connectivity index (χ0v) is 26.3. The smallest absolute Gasteiger partial charge is 0.301 e. The molecule has 0 saturated carbocycles. The number of thiazole rings is 1. The minimum atomic E-state index is -0.990. The number of hydrogen-bond donors (Lipinski definition) is 1. The molecule has 3 aromatic carbocycles. The quantitative estimate of drug-likeness (QED) is 0.102. The molecule has 10 heteroatoms. The first-order valence-electron chi connectivity index (χ1n) is 14.6. The first kappa shape index (κ1) is 30.9. The van der Waals surface area contributed by atoms with Gasteiger partial charge in [-0.25, -0.2) is 4.98 Å². The first-order valence-corrected chi connectivity index (χ1v) is 15.5. The number of methoxy groups -OCH3 is 1. The van der Waals surface area contributed by atoms with Gasteiger partial charge in [-0.05, 0) is 74.2 Å². The molecule has 5 rings (SSSR count). The molecule has 44 heavy (non-hydrogen) atoms. The Labute approximate surface area is 260 Å². The SMILES string of the molecule is CCOc1cccc(C(O)=C2C(=O)C(=O)N(c3nc4ccc(OCC)cc4s3)C2c2ccc(OCCC(C)C)c(OC)c2)c1. The van der Waals surface area contributed by atoms with E-state index in [4.69, 9.17) is 23.9 Å². The van der Waals surface area contributed by atoms with Gasteiger partial charge >= 0.3 is 5.91 Å². The van der Waals surface area contributed by atoms with E-state index < -0.39 is 17.7 Å². The van der Waals surface area contributed by atoms with Crippen LogP contribution >= 0.6 is 11.3 Å². The summed E-state index contributed by atoms with van der Waals surface area (Å²) < 4.78 is 23.7. The fourth-order valence-electron chi connectivity index (χ4n) is 5.03. The number of anilines is 1. The van der Waals surface area contributed by atoms with Gasteiger partial charge in [0.2, 0.25) is 0 Å². The number of carbonyl (C=O) groups excluding carboxylic acids is 2. The van der Waals surface area contributed by atoms with Gasteiger partial charge in [0, 0.05) is 5.56 Å². The molecule has 1 aromatic heterocycles. The van der Waals surface area contributed by atoms with Crippen LogP contribution in [0.15, 0.2) is 66.2 Å². The second-order valence-corrected chi connectivity index (χ2v) is 11.6. The first-order chi connectivity index (χ1) is 21.2. The Morgan fingerprint density at radius 1 is 0.955 bits per heavy atom. The molecule has 1 N–H and O–H groups in total. The lowest BCUT2D eigenvalue weighted by Crippen LogP contribution is -2.29. The zero-order valence-electron chi connectivity index (χ0n) is 25.5. The van der Waals surface area contributed by atoms with Crippen molar-refractivity contribution in [1.82, 2.24) is 4.98 Å². The maximum Gasteiger partial charge on any atom is 0.301 e. The molecule has 4 aromatic rings. The van der Waals surface area contributed by atoms with Gasteiger partial charge in [-0.1, -0.05) is 43.4 Å². The normalized spacial score (nSPS) is 16.1. The van der Waals surface area contributed by atoms with Gasteiger partial charge in [-0.2, -0.15) is 0 Å². The number of amides is 1. The predicted octanol–water partition coefficient (Wildman–Crippen LogP) is 7.15. The average Bonchev–Trinajstić information content (AvgIpc) is 3.54. The van der Waals surface area contributed by atoms with E-state index in [2.05, 4.69) is 13.8 Å². The van der Waals surface area contributed by atoms with E-state index in [9.17, 15) is 14.7 Å². The van der Waals surface area contributed by atoms with Gasteiger partial charge < -0.3 is 24.1 Å². The molecular weight excluding hydrogens is 580 g/mol. The van der Waals surface area contributed by atoms with Gasteiger partial charge in [0.05, 0.1) is 48.8 Å². The highest BCUT2D eigenvalue weighted by molar-refractivity contribution is 7.22. The molecule has 1 atom stereocenters. The summed E-state index contributed by atoms with van der Waals surface area (Å²) in [5.74, 6) is 0.747. The summed E-state index contributed by atoms with van der Waals surface area (Å²) in [5.41, 5.74) is 1.50. The third-order valence-corrected chi connectivity index (χ3v) is 8.20. The highest BCUT2D eigenvalue weighted by Crippen LogP contribution is 2.46. The van der Waals surface area contributed by atoms with E-state index >= 15 is 0 Å². The summed E-state index contributed by atoms with van der Waals surface area (Å²) in [6.45, 7) is 9.46. The molecule has 0 aliphatic carbocycles. The van der Waals surface area contributed by atoms with Crippen molar-refractivity contribution in [3.05, 3.63) is 77.4 Å². The number of ketones is 1. The van der Waals surface area contributed by atoms with E-state index in [1.807, 2.05) is 32.0 Å². The van der Waals surface area contributed by atoms with Crippen LogP contribution in [0.2, 0.25) is 0 Å². The predicted molar refractivity (Wildman–Crippen MR) is 171 cm³/mol. The molecule has 2 heterocycles. The maximum absolute atomic E-state index is 13.8. The number of hydrogen-bond acceptors (Lipinski definition) is 9. The fourth-order valence-corrected chi connectivity index (χ4v) is 6.05. The van der Waals surface area contributed by atoms with Crippen molar-refractivity contribution in [2.45, 2.75) is 40.2 Å². The molecule has 230 valence electrons. The number of carbonyl (C=O) groups is 2. The van der Waals surface area contributed by atoms with E-state index in [0.717, 1.165) is 11.1 Å². The van der Waals surface area contributed by atoms with Crippen molar-refractivity contribution in [3.63, 3.8) is 0 Å². The lowest BCUT2D eigenvalue weighted by Gasteiger charge is -2.24. The van der Waals surface area contributed by atoms with Crippen LogP contribution in [0.1, 0.15) is 51.3 Å². The average molecular weight is 617 g/mol. The Kier molecular flexibility index (Phi) is 9.39. The van der Waals surface area contributed by atoms with E-state index in [1.54, 1.807) is 42.5 Å². The number of nitrogens with zero attached hydrogens (tertiary/aromatic N) is 2. The lowest BCUT2D eigenvalue weighted by molar-refractivity contribution is -0.132. The molecule has 9 nitrogen and oxygen atoms in total. The van der Waals surface area contributed by atoms with Gasteiger partial charge in [-0.15, -0.1) is 0 Å². The number of ether oxygens (including phenoxy) is 4. The molecule has 1 aliphatic heterocycles. The Morgan fingerprint density at radius 3 is 2.41 bits per heavy atom. The number of aromatic nitrogens is 1. The Hall–Kier alpha value is -4.57. The second-order valence-electron chi connectivity index (χ2n) is 10.6. The molecule has 1 amide bonds. The zero-order chi connectivity index (χ0) is 31.4. The van der Waals surface area contributed by atoms with E-state index in [0.29, 0.717) is 70.5 Å². The van der Waals surface area contributed by atoms with Crippen molar-refractivity contribution in [2.24, 2.45) is 5.92 Å². The third kappa shape index (κ3) is 6.21. The molecule has 0 radical (unpaired) electrons. The third-order valence-electron chi connectivity index (χ3n) is 7.18. The summed E-state index contributed by atoms with van der Waals surface area (Å²) in [5, 5.41) is 11.9. The molecule has 1 unspecified atom stereocenters. The molecule has 0 spiro atoms. The topological polar surface area (TPSA) is 107 Å².